The van der Waals surface area contributed by atoms with Crippen molar-refractivity contribution in [1.29, 1.82) is 0 Å². The predicted molar refractivity (Wildman–Crippen MR) is 40.7 cm³/mol. The van der Waals surface area contributed by atoms with E-state index in [1.54, 1.807) is 0 Å². The lowest BCUT2D eigenvalue weighted by Crippen LogP contribution is -1.98. The van der Waals surface area contributed by atoms with E-state index in [-0.39, 0.29) is 10.9 Å². The molecule has 0 radical (unpaired) electrons. The Balaban J connectivity index is 3.23. The van der Waals surface area contributed by atoms with E-state index in [1.165, 1.54) is 7.11 Å². The van der Waals surface area contributed by atoms with Gasteiger partial charge in [-0.1, -0.05) is 11.6 Å². The molecule has 0 amide bonds. The average molecular weight is 212 g/mol. The lowest BCUT2D eigenvalue weighted by molar-refractivity contribution is 0.145. The maximum Gasteiger partial charge on any atom is 0.269 e. The second-order valence-corrected chi connectivity index (χ2v) is 2.56. The summed E-state index contributed by atoms with van der Waals surface area (Å²) in [6.07, 6.45) is -2.98. The summed E-state index contributed by atoms with van der Waals surface area (Å²) in [6.45, 7) is 0. The highest BCUT2D eigenvalue weighted by molar-refractivity contribution is 6.31. The number of hydrogen-bond acceptors (Lipinski definition) is 2. The predicted octanol–water partition coefficient (Wildman–Crippen LogP) is 2.82. The highest BCUT2D eigenvalue weighted by Crippen LogP contribution is 2.30. The molecule has 1 rings (SSSR count). The largest absolute Gasteiger partial charge is 0.481 e. The molecular formula is C7H5ClF3NO. The van der Waals surface area contributed by atoms with E-state index in [0.29, 0.717) is 0 Å². The molecule has 6 heteroatoms. The number of hydrogen-bond donors (Lipinski definition) is 0. The van der Waals surface area contributed by atoms with Crippen molar-refractivity contribution >= 4 is 11.6 Å². The van der Waals surface area contributed by atoms with Crippen molar-refractivity contribution in [3.8, 4) is 5.88 Å². The SMILES string of the molecule is COc1cc(Cl)c(C(F)F)c(F)n1. The van der Waals surface area contributed by atoms with Crippen molar-refractivity contribution in [2.75, 3.05) is 7.11 Å². The van der Waals surface area contributed by atoms with Crippen LogP contribution in [0.2, 0.25) is 5.02 Å². The summed E-state index contributed by atoms with van der Waals surface area (Å²) in [4.78, 5) is 3.12. The Morgan fingerprint density at radius 2 is 2.15 bits per heavy atom. The van der Waals surface area contributed by atoms with Gasteiger partial charge in [-0.15, -0.1) is 0 Å². The van der Waals surface area contributed by atoms with E-state index in [4.69, 9.17) is 11.6 Å². The Morgan fingerprint density at radius 3 is 2.54 bits per heavy atom. The van der Waals surface area contributed by atoms with Crippen LogP contribution in [-0.4, -0.2) is 12.1 Å². The number of halogens is 4. The minimum atomic E-state index is -2.98. The first-order chi connectivity index (χ1) is 6.06. The monoisotopic (exact) mass is 211 g/mol. The molecule has 1 aromatic rings. The van der Waals surface area contributed by atoms with Crippen LogP contribution in [0.1, 0.15) is 12.0 Å². The molecule has 0 unspecified atom stereocenters. The smallest absolute Gasteiger partial charge is 0.269 e. The first-order valence-electron chi connectivity index (χ1n) is 3.24. The summed E-state index contributed by atoms with van der Waals surface area (Å²) in [6, 6.07) is 1.03. The second-order valence-electron chi connectivity index (χ2n) is 2.15. The standard InChI is InChI=1S/C7H5ClF3NO/c1-13-4-2-3(8)5(6(9)10)7(11)12-4/h2,6H,1H3. The number of pyridine rings is 1. The van der Waals surface area contributed by atoms with Crippen LogP contribution in [0, 0.1) is 5.95 Å². The van der Waals surface area contributed by atoms with Gasteiger partial charge >= 0.3 is 0 Å². The molecule has 2 nitrogen and oxygen atoms in total. The van der Waals surface area contributed by atoms with Gasteiger partial charge in [0.15, 0.2) is 0 Å². The Labute approximate surface area is 77.3 Å². The minimum Gasteiger partial charge on any atom is -0.481 e. The fourth-order valence-corrected chi connectivity index (χ4v) is 1.03. The van der Waals surface area contributed by atoms with Gasteiger partial charge in [0, 0.05) is 6.07 Å². The van der Waals surface area contributed by atoms with Gasteiger partial charge in [0.1, 0.15) is 0 Å². The summed E-state index contributed by atoms with van der Waals surface area (Å²) in [5, 5.41) is -0.389. The van der Waals surface area contributed by atoms with E-state index in [1.807, 2.05) is 0 Å². The molecule has 0 aliphatic rings. The Bertz CT molecular complexity index is 296. The average Bonchev–Trinajstić information content (AvgIpc) is 2.02. The zero-order valence-corrected chi connectivity index (χ0v) is 7.28. The van der Waals surface area contributed by atoms with Crippen LogP contribution in [0.5, 0.6) is 5.88 Å². The van der Waals surface area contributed by atoms with Crippen LogP contribution in [0.3, 0.4) is 0 Å². The number of rotatable bonds is 2. The number of ether oxygens (including phenoxy) is 1. The maximum atomic E-state index is 12.8. The summed E-state index contributed by atoms with van der Waals surface area (Å²) in [7, 11) is 1.24. The molecule has 0 bridgehead atoms. The van der Waals surface area contributed by atoms with Gasteiger partial charge in [0.2, 0.25) is 11.8 Å². The molecule has 0 atom stereocenters. The van der Waals surface area contributed by atoms with E-state index in [9.17, 15) is 13.2 Å². The van der Waals surface area contributed by atoms with E-state index >= 15 is 0 Å². The van der Waals surface area contributed by atoms with Gasteiger partial charge < -0.3 is 4.74 Å². The molecule has 72 valence electrons. The van der Waals surface area contributed by atoms with E-state index in [2.05, 4.69) is 9.72 Å². The summed E-state index contributed by atoms with van der Waals surface area (Å²) < 4.78 is 41.6. The Hall–Kier alpha value is -0.970. The topological polar surface area (TPSA) is 22.1 Å². The summed E-state index contributed by atoms with van der Waals surface area (Å²) >= 11 is 5.37. The van der Waals surface area contributed by atoms with Gasteiger partial charge in [0.05, 0.1) is 17.7 Å². The van der Waals surface area contributed by atoms with Crippen LogP contribution in [0.25, 0.3) is 0 Å². The van der Waals surface area contributed by atoms with Crippen molar-refractivity contribution in [2.45, 2.75) is 6.43 Å². The van der Waals surface area contributed by atoms with E-state index < -0.39 is 17.9 Å². The third-order valence-electron chi connectivity index (χ3n) is 1.37. The van der Waals surface area contributed by atoms with Gasteiger partial charge in [-0.2, -0.15) is 9.37 Å². The van der Waals surface area contributed by atoms with Crippen LogP contribution in [-0.2, 0) is 0 Å². The third kappa shape index (κ3) is 2.03. The van der Waals surface area contributed by atoms with Crippen molar-refractivity contribution in [1.82, 2.24) is 4.98 Å². The lowest BCUT2D eigenvalue weighted by atomic mass is 10.3. The maximum absolute atomic E-state index is 12.8. The number of alkyl halides is 2. The first kappa shape index (κ1) is 10.1. The zero-order valence-electron chi connectivity index (χ0n) is 6.52. The van der Waals surface area contributed by atoms with Crippen LogP contribution in [0.15, 0.2) is 6.07 Å². The fourth-order valence-electron chi connectivity index (χ4n) is 0.773. The molecule has 0 spiro atoms. The fraction of sp³-hybridized carbons (Fsp3) is 0.286. The van der Waals surface area contributed by atoms with Crippen LogP contribution < -0.4 is 4.74 Å². The van der Waals surface area contributed by atoms with Crippen molar-refractivity contribution in [2.24, 2.45) is 0 Å². The molecule has 0 aromatic carbocycles. The zero-order chi connectivity index (χ0) is 10.0. The Morgan fingerprint density at radius 1 is 1.54 bits per heavy atom. The molecule has 0 fully saturated rings. The van der Waals surface area contributed by atoms with Gasteiger partial charge in [0.25, 0.3) is 6.43 Å². The molecular weight excluding hydrogens is 207 g/mol. The molecule has 0 aliphatic heterocycles. The van der Waals surface area contributed by atoms with E-state index in [0.717, 1.165) is 6.07 Å². The molecule has 1 heterocycles. The van der Waals surface area contributed by atoms with Crippen molar-refractivity contribution < 1.29 is 17.9 Å². The van der Waals surface area contributed by atoms with Crippen LogP contribution >= 0.6 is 11.6 Å². The number of aromatic nitrogens is 1. The first-order valence-corrected chi connectivity index (χ1v) is 3.62. The highest BCUT2D eigenvalue weighted by atomic mass is 35.5. The van der Waals surface area contributed by atoms with Gasteiger partial charge in [-0.3, -0.25) is 0 Å². The normalized spacial score (nSPS) is 10.6. The molecule has 0 saturated carbocycles. The molecule has 0 aliphatic carbocycles. The van der Waals surface area contributed by atoms with Crippen LogP contribution in [0.4, 0.5) is 13.2 Å². The van der Waals surface area contributed by atoms with Crippen molar-refractivity contribution in [3.63, 3.8) is 0 Å². The molecule has 0 N–H and O–H groups in total. The number of methoxy groups -OCH3 is 1. The quantitative estimate of drug-likeness (QED) is 0.702. The second kappa shape index (κ2) is 3.83. The van der Waals surface area contributed by atoms with Gasteiger partial charge in [-0.05, 0) is 0 Å². The van der Waals surface area contributed by atoms with Crippen molar-refractivity contribution in [3.05, 3.63) is 22.6 Å². The summed E-state index contributed by atoms with van der Waals surface area (Å²) in [5.41, 5.74) is -0.900. The van der Waals surface area contributed by atoms with Gasteiger partial charge in [-0.25, -0.2) is 8.78 Å². The molecule has 1 aromatic heterocycles. The summed E-state index contributed by atoms with van der Waals surface area (Å²) in [5.74, 6) is -1.44. The minimum absolute atomic E-state index is 0.132. The Kier molecular flexibility index (Phi) is 2.98. The lowest BCUT2D eigenvalue weighted by Gasteiger charge is -2.05. The third-order valence-corrected chi connectivity index (χ3v) is 1.68. The highest BCUT2D eigenvalue weighted by Gasteiger charge is 2.20. The number of nitrogens with zero attached hydrogens (tertiary/aromatic N) is 1. The molecule has 0 saturated heterocycles. The molecule has 13 heavy (non-hydrogen) atoms.